The van der Waals surface area contributed by atoms with Gasteiger partial charge in [-0.3, -0.25) is 9.59 Å². The maximum Gasteiger partial charge on any atom is 0.306 e. The molecule has 0 aromatic heterocycles. The number of hydrogen-bond acceptors (Lipinski definition) is 3. The average Bonchev–Trinajstić information content (AvgIpc) is 2.86. The Morgan fingerprint density at radius 3 is 1.29 bits per heavy atom. The van der Waals surface area contributed by atoms with E-state index in [4.69, 9.17) is 4.74 Å². The number of carbonyl (C=O) groups excluding carboxylic acids is 2. The lowest BCUT2D eigenvalue weighted by Crippen LogP contribution is -2.33. The third kappa shape index (κ3) is 24.4. The second-order valence-electron chi connectivity index (χ2n) is 10.5. The molecule has 4 nitrogen and oxygen atoms in total. The molecule has 35 heavy (non-hydrogen) atoms. The SMILES string of the molecule is CCCCCCCCCOC(=O)CCC(=O)N(CCCCCCCCC)CCCCCCCCC. The minimum absolute atomic E-state index is 0.134. The summed E-state index contributed by atoms with van der Waals surface area (Å²) in [6.45, 7) is 8.91. The highest BCUT2D eigenvalue weighted by Crippen LogP contribution is 2.12. The van der Waals surface area contributed by atoms with Crippen LogP contribution >= 0.6 is 0 Å². The van der Waals surface area contributed by atoms with Crippen molar-refractivity contribution in [2.75, 3.05) is 19.7 Å². The number of hydrogen-bond donors (Lipinski definition) is 0. The summed E-state index contributed by atoms with van der Waals surface area (Å²) >= 11 is 0. The van der Waals surface area contributed by atoms with Crippen molar-refractivity contribution in [2.24, 2.45) is 0 Å². The van der Waals surface area contributed by atoms with Crippen LogP contribution in [-0.2, 0) is 14.3 Å². The van der Waals surface area contributed by atoms with E-state index in [0.717, 1.165) is 38.8 Å². The highest BCUT2D eigenvalue weighted by molar-refractivity contribution is 5.81. The summed E-state index contributed by atoms with van der Waals surface area (Å²) in [5, 5.41) is 0. The highest BCUT2D eigenvalue weighted by Gasteiger charge is 2.15. The molecule has 0 spiro atoms. The van der Waals surface area contributed by atoms with E-state index in [-0.39, 0.29) is 18.3 Å². The molecule has 0 fully saturated rings. The molecule has 0 saturated carbocycles. The van der Waals surface area contributed by atoms with Crippen LogP contribution < -0.4 is 0 Å². The number of amides is 1. The minimum Gasteiger partial charge on any atom is -0.466 e. The molecule has 0 aromatic rings. The Balaban J connectivity index is 4.14. The number of rotatable bonds is 27. The van der Waals surface area contributed by atoms with Crippen LogP contribution in [0.4, 0.5) is 0 Å². The Morgan fingerprint density at radius 1 is 0.486 bits per heavy atom. The minimum atomic E-state index is -0.212. The fourth-order valence-electron chi connectivity index (χ4n) is 4.57. The predicted molar refractivity (Wildman–Crippen MR) is 151 cm³/mol. The van der Waals surface area contributed by atoms with Crippen molar-refractivity contribution in [3.8, 4) is 0 Å². The maximum atomic E-state index is 12.9. The quantitative estimate of drug-likeness (QED) is 0.0842. The van der Waals surface area contributed by atoms with E-state index >= 15 is 0 Å². The van der Waals surface area contributed by atoms with Gasteiger partial charge in [-0.15, -0.1) is 0 Å². The summed E-state index contributed by atoms with van der Waals surface area (Å²) in [5.74, 6) is -0.0778. The van der Waals surface area contributed by atoms with Gasteiger partial charge in [-0.25, -0.2) is 0 Å². The molecular formula is C31H61NO3. The van der Waals surface area contributed by atoms with Gasteiger partial charge >= 0.3 is 5.97 Å². The first-order valence-corrected chi connectivity index (χ1v) is 15.6. The summed E-state index contributed by atoms with van der Waals surface area (Å²) in [4.78, 5) is 27.0. The topological polar surface area (TPSA) is 46.6 Å². The van der Waals surface area contributed by atoms with Crippen molar-refractivity contribution in [2.45, 2.75) is 168 Å². The third-order valence-electron chi connectivity index (χ3n) is 6.97. The van der Waals surface area contributed by atoms with Gasteiger partial charge in [0.15, 0.2) is 0 Å². The zero-order valence-corrected chi connectivity index (χ0v) is 24.1. The summed E-state index contributed by atoms with van der Waals surface area (Å²) in [7, 11) is 0. The van der Waals surface area contributed by atoms with Gasteiger partial charge in [0.05, 0.1) is 13.0 Å². The predicted octanol–water partition coefficient (Wildman–Crippen LogP) is 9.39. The van der Waals surface area contributed by atoms with Crippen LogP contribution in [-0.4, -0.2) is 36.5 Å². The van der Waals surface area contributed by atoms with Crippen molar-refractivity contribution in [1.82, 2.24) is 4.90 Å². The summed E-state index contributed by atoms with van der Waals surface area (Å²) < 4.78 is 5.38. The second kappa shape index (κ2) is 27.5. The fraction of sp³-hybridized carbons (Fsp3) is 0.935. The van der Waals surface area contributed by atoms with E-state index in [2.05, 4.69) is 20.8 Å². The van der Waals surface area contributed by atoms with Crippen molar-refractivity contribution in [3.05, 3.63) is 0 Å². The Bertz CT molecular complexity index is 448. The Labute approximate surface area is 219 Å². The number of esters is 1. The van der Waals surface area contributed by atoms with E-state index in [1.165, 1.54) is 109 Å². The Morgan fingerprint density at radius 2 is 0.857 bits per heavy atom. The summed E-state index contributed by atoms with van der Waals surface area (Å²) in [6, 6.07) is 0. The lowest BCUT2D eigenvalue weighted by atomic mass is 10.1. The lowest BCUT2D eigenvalue weighted by molar-refractivity contribution is -0.146. The van der Waals surface area contributed by atoms with Crippen LogP contribution in [0, 0.1) is 0 Å². The van der Waals surface area contributed by atoms with E-state index in [1.54, 1.807) is 0 Å². The fourth-order valence-corrected chi connectivity index (χ4v) is 4.57. The van der Waals surface area contributed by atoms with E-state index in [0.29, 0.717) is 13.0 Å². The molecule has 0 aromatic carbocycles. The van der Waals surface area contributed by atoms with E-state index in [1.807, 2.05) is 4.90 Å². The molecule has 0 heterocycles. The zero-order chi connectivity index (χ0) is 25.8. The molecule has 0 atom stereocenters. The largest absolute Gasteiger partial charge is 0.466 e. The van der Waals surface area contributed by atoms with Gasteiger partial charge in [0.2, 0.25) is 5.91 Å². The molecule has 1 amide bonds. The number of carbonyl (C=O) groups is 2. The number of unbranched alkanes of at least 4 members (excludes halogenated alkanes) is 18. The van der Waals surface area contributed by atoms with Crippen molar-refractivity contribution in [1.29, 1.82) is 0 Å². The molecule has 0 unspecified atom stereocenters. The summed E-state index contributed by atoms with van der Waals surface area (Å²) in [5.41, 5.74) is 0. The molecule has 0 aliphatic carbocycles. The molecule has 0 aliphatic rings. The van der Waals surface area contributed by atoms with Gasteiger partial charge in [-0.1, -0.05) is 136 Å². The van der Waals surface area contributed by atoms with Crippen LogP contribution in [0.25, 0.3) is 0 Å². The van der Waals surface area contributed by atoms with Crippen molar-refractivity contribution >= 4 is 11.9 Å². The molecule has 0 rings (SSSR count). The van der Waals surface area contributed by atoms with Gasteiger partial charge < -0.3 is 9.64 Å². The zero-order valence-electron chi connectivity index (χ0n) is 24.1. The second-order valence-corrected chi connectivity index (χ2v) is 10.5. The average molecular weight is 496 g/mol. The first-order valence-electron chi connectivity index (χ1n) is 15.6. The maximum absolute atomic E-state index is 12.9. The van der Waals surface area contributed by atoms with Crippen molar-refractivity contribution in [3.63, 3.8) is 0 Å². The first-order chi connectivity index (χ1) is 17.2. The van der Waals surface area contributed by atoms with Crippen LogP contribution in [0.3, 0.4) is 0 Å². The van der Waals surface area contributed by atoms with E-state index < -0.39 is 0 Å². The monoisotopic (exact) mass is 495 g/mol. The Hall–Kier alpha value is -1.06. The van der Waals surface area contributed by atoms with E-state index in [9.17, 15) is 9.59 Å². The molecule has 4 heteroatoms. The first kappa shape index (κ1) is 33.9. The van der Waals surface area contributed by atoms with Crippen LogP contribution in [0.2, 0.25) is 0 Å². The molecular weight excluding hydrogens is 434 g/mol. The molecule has 0 saturated heterocycles. The number of ether oxygens (including phenoxy) is 1. The molecule has 208 valence electrons. The third-order valence-corrected chi connectivity index (χ3v) is 6.97. The van der Waals surface area contributed by atoms with Gasteiger partial charge in [-0.2, -0.15) is 0 Å². The standard InChI is InChI=1S/C31H61NO3/c1-4-7-10-13-16-19-22-27-32(28-23-20-17-14-11-8-5-2)30(33)25-26-31(34)35-29-24-21-18-15-12-9-6-3/h4-29H2,1-3H3. The molecule has 0 aliphatic heterocycles. The van der Waals surface area contributed by atoms with Crippen LogP contribution in [0.5, 0.6) is 0 Å². The molecule has 0 N–H and O–H groups in total. The van der Waals surface area contributed by atoms with Gasteiger partial charge in [0.1, 0.15) is 0 Å². The van der Waals surface area contributed by atoms with Crippen LogP contribution in [0.15, 0.2) is 0 Å². The van der Waals surface area contributed by atoms with Gasteiger partial charge in [0.25, 0.3) is 0 Å². The van der Waals surface area contributed by atoms with Gasteiger partial charge in [0, 0.05) is 19.5 Å². The van der Waals surface area contributed by atoms with Crippen molar-refractivity contribution < 1.29 is 14.3 Å². The number of nitrogens with zero attached hydrogens (tertiary/aromatic N) is 1. The molecule has 0 bridgehead atoms. The van der Waals surface area contributed by atoms with Gasteiger partial charge in [-0.05, 0) is 19.3 Å². The lowest BCUT2D eigenvalue weighted by Gasteiger charge is -2.23. The highest BCUT2D eigenvalue weighted by atomic mass is 16.5. The smallest absolute Gasteiger partial charge is 0.306 e. The van der Waals surface area contributed by atoms with Crippen LogP contribution in [0.1, 0.15) is 168 Å². The molecule has 0 radical (unpaired) electrons. The Kier molecular flexibility index (Phi) is 26.7. The normalized spacial score (nSPS) is 11.1. The summed E-state index contributed by atoms with van der Waals surface area (Å²) in [6.07, 6.45) is 26.6.